The number of hydrogen-bond acceptors (Lipinski definition) is 3. The summed E-state index contributed by atoms with van der Waals surface area (Å²) in [6.07, 6.45) is 4.08. The Bertz CT molecular complexity index is 555. The molecule has 0 N–H and O–H groups in total. The summed E-state index contributed by atoms with van der Waals surface area (Å²) < 4.78 is 63.4. The van der Waals surface area contributed by atoms with Crippen LogP contribution in [0.5, 0.6) is 0 Å². The Balaban J connectivity index is 2.31. The molecular formula is C12H15F3O3S. The number of halogens is 3. The van der Waals surface area contributed by atoms with Gasteiger partial charge in [0, 0.05) is 5.92 Å². The predicted octanol–water partition coefficient (Wildman–Crippen LogP) is 3.36. The zero-order chi connectivity index (χ0) is 14.6. The Morgan fingerprint density at radius 3 is 2.47 bits per heavy atom. The average molecular weight is 296 g/mol. The topological polar surface area (TPSA) is 43.4 Å². The number of fused-ring (bicyclic) bond motifs is 2. The van der Waals surface area contributed by atoms with E-state index in [2.05, 4.69) is 4.18 Å². The molecule has 3 nitrogen and oxygen atoms in total. The summed E-state index contributed by atoms with van der Waals surface area (Å²) >= 11 is 0. The van der Waals surface area contributed by atoms with Crippen LogP contribution >= 0.6 is 0 Å². The second kappa shape index (κ2) is 4.01. The fraction of sp³-hybridized carbons (Fsp3) is 0.667. The van der Waals surface area contributed by atoms with Gasteiger partial charge in [0.25, 0.3) is 0 Å². The van der Waals surface area contributed by atoms with E-state index in [4.69, 9.17) is 0 Å². The summed E-state index contributed by atoms with van der Waals surface area (Å²) in [4.78, 5) is 0. The van der Waals surface area contributed by atoms with Crippen LogP contribution in [-0.2, 0) is 14.3 Å². The average Bonchev–Trinajstić information content (AvgIpc) is 2.54. The molecule has 0 saturated heterocycles. The van der Waals surface area contributed by atoms with Gasteiger partial charge in [-0.15, -0.1) is 0 Å². The van der Waals surface area contributed by atoms with Gasteiger partial charge < -0.3 is 4.18 Å². The number of rotatable bonds is 2. The Morgan fingerprint density at radius 2 is 1.95 bits per heavy atom. The summed E-state index contributed by atoms with van der Waals surface area (Å²) in [7, 11) is -5.58. The van der Waals surface area contributed by atoms with Crippen LogP contribution in [0.3, 0.4) is 0 Å². The highest BCUT2D eigenvalue weighted by Gasteiger charge is 2.51. The molecule has 0 heterocycles. The second-order valence-corrected chi connectivity index (χ2v) is 7.19. The van der Waals surface area contributed by atoms with Crippen molar-refractivity contribution in [3.8, 4) is 0 Å². The standard InChI is InChI=1S/C12H15F3O3S/c1-7-6-11(2,3)8-4-9(7)10(5-8)18-19(16,17)12(13,14)15/h5-6,8-9H,4H2,1-3H3/t8-,9-/m0/s1. The van der Waals surface area contributed by atoms with Crippen LogP contribution in [0.1, 0.15) is 27.2 Å². The van der Waals surface area contributed by atoms with Crippen molar-refractivity contribution >= 4 is 10.1 Å². The van der Waals surface area contributed by atoms with Crippen molar-refractivity contribution in [1.29, 1.82) is 0 Å². The van der Waals surface area contributed by atoms with Crippen LogP contribution in [-0.4, -0.2) is 13.9 Å². The van der Waals surface area contributed by atoms with Gasteiger partial charge in [0.1, 0.15) is 5.76 Å². The van der Waals surface area contributed by atoms with Crippen molar-refractivity contribution in [2.45, 2.75) is 32.7 Å². The highest BCUT2D eigenvalue weighted by Crippen LogP contribution is 2.50. The van der Waals surface area contributed by atoms with Gasteiger partial charge in [0.2, 0.25) is 0 Å². The fourth-order valence-corrected chi connectivity index (χ4v) is 3.26. The molecule has 0 amide bonds. The van der Waals surface area contributed by atoms with E-state index >= 15 is 0 Å². The first-order chi connectivity index (χ1) is 8.44. The highest BCUT2D eigenvalue weighted by atomic mass is 32.2. The van der Waals surface area contributed by atoms with Gasteiger partial charge in [-0.1, -0.05) is 25.5 Å². The minimum Gasteiger partial charge on any atom is -0.380 e. The number of allylic oxidation sites excluding steroid dienone is 3. The molecule has 0 radical (unpaired) electrons. The lowest BCUT2D eigenvalue weighted by Gasteiger charge is -2.33. The lowest BCUT2D eigenvalue weighted by molar-refractivity contribution is -0.0525. The molecule has 0 aromatic carbocycles. The summed E-state index contributed by atoms with van der Waals surface area (Å²) in [6.45, 7) is 5.72. The van der Waals surface area contributed by atoms with Crippen molar-refractivity contribution in [3.63, 3.8) is 0 Å². The first-order valence-electron chi connectivity index (χ1n) is 5.86. The molecular weight excluding hydrogens is 281 g/mol. The van der Waals surface area contributed by atoms with Crippen LogP contribution in [0.2, 0.25) is 0 Å². The van der Waals surface area contributed by atoms with Gasteiger partial charge in [-0.25, -0.2) is 0 Å². The van der Waals surface area contributed by atoms with E-state index in [-0.39, 0.29) is 23.0 Å². The quantitative estimate of drug-likeness (QED) is 0.446. The normalized spacial score (nSPS) is 29.8. The van der Waals surface area contributed by atoms with E-state index < -0.39 is 15.6 Å². The van der Waals surface area contributed by atoms with Crippen molar-refractivity contribution in [3.05, 3.63) is 23.5 Å². The zero-order valence-electron chi connectivity index (χ0n) is 10.8. The summed E-state index contributed by atoms with van der Waals surface area (Å²) in [6, 6.07) is 0. The Hall–Kier alpha value is -0.980. The molecule has 2 rings (SSSR count). The molecule has 0 fully saturated rings. The Kier molecular flexibility index (Phi) is 3.04. The molecule has 2 aliphatic rings. The molecule has 2 aliphatic carbocycles. The van der Waals surface area contributed by atoms with Gasteiger partial charge in [0.15, 0.2) is 0 Å². The van der Waals surface area contributed by atoms with Gasteiger partial charge in [-0.3, -0.25) is 0 Å². The van der Waals surface area contributed by atoms with Crippen molar-refractivity contribution < 1.29 is 25.8 Å². The van der Waals surface area contributed by atoms with E-state index in [1.165, 1.54) is 6.08 Å². The second-order valence-electron chi connectivity index (χ2n) is 5.66. The molecule has 0 unspecified atom stereocenters. The van der Waals surface area contributed by atoms with E-state index in [0.717, 1.165) is 5.57 Å². The lowest BCUT2D eigenvalue weighted by Crippen LogP contribution is -2.27. The third-order valence-corrected chi connectivity index (χ3v) is 4.77. The maximum atomic E-state index is 12.3. The van der Waals surface area contributed by atoms with Crippen LogP contribution in [0, 0.1) is 17.3 Å². The largest absolute Gasteiger partial charge is 0.534 e. The van der Waals surface area contributed by atoms with E-state index in [1.54, 1.807) is 6.92 Å². The van der Waals surface area contributed by atoms with E-state index in [1.807, 2.05) is 19.9 Å². The molecule has 19 heavy (non-hydrogen) atoms. The smallest absolute Gasteiger partial charge is 0.380 e. The van der Waals surface area contributed by atoms with Gasteiger partial charge in [-0.05, 0) is 30.8 Å². The molecule has 0 aliphatic heterocycles. The van der Waals surface area contributed by atoms with Gasteiger partial charge >= 0.3 is 15.6 Å². The zero-order valence-corrected chi connectivity index (χ0v) is 11.6. The molecule has 7 heteroatoms. The summed E-state index contributed by atoms with van der Waals surface area (Å²) in [5.74, 6) is -0.462. The van der Waals surface area contributed by atoms with Crippen LogP contribution < -0.4 is 0 Å². The van der Waals surface area contributed by atoms with Gasteiger partial charge in [0.05, 0.1) is 0 Å². The molecule has 2 bridgehead atoms. The van der Waals surface area contributed by atoms with Crippen LogP contribution in [0.25, 0.3) is 0 Å². The lowest BCUT2D eigenvalue weighted by atomic mass is 9.71. The highest BCUT2D eigenvalue weighted by molar-refractivity contribution is 7.87. The molecule has 108 valence electrons. The SMILES string of the molecule is CC1=CC(C)(C)[C@@H]2C=C(OS(=O)(=O)C(F)(F)F)[C@H]1C2. The van der Waals surface area contributed by atoms with E-state index in [9.17, 15) is 21.6 Å². The summed E-state index contributed by atoms with van der Waals surface area (Å²) in [5, 5.41) is 0. The fourth-order valence-electron chi connectivity index (χ4n) is 2.74. The summed E-state index contributed by atoms with van der Waals surface area (Å²) in [5.41, 5.74) is -4.74. The Labute approximate surface area is 110 Å². The third kappa shape index (κ3) is 2.40. The van der Waals surface area contributed by atoms with Gasteiger partial charge in [-0.2, -0.15) is 21.6 Å². The molecule has 0 spiro atoms. The third-order valence-electron chi connectivity index (χ3n) is 3.79. The maximum Gasteiger partial charge on any atom is 0.534 e. The minimum atomic E-state index is -5.58. The number of alkyl halides is 3. The minimum absolute atomic E-state index is 0.000339. The van der Waals surface area contributed by atoms with E-state index in [0.29, 0.717) is 6.42 Å². The number of hydrogen-bond donors (Lipinski definition) is 0. The molecule has 0 saturated carbocycles. The molecule has 0 aromatic heterocycles. The maximum absolute atomic E-state index is 12.3. The predicted molar refractivity (Wildman–Crippen MR) is 63.3 cm³/mol. The van der Waals surface area contributed by atoms with Crippen LogP contribution in [0.15, 0.2) is 23.5 Å². The first kappa shape index (κ1) is 14.4. The van der Waals surface area contributed by atoms with Crippen molar-refractivity contribution in [2.75, 3.05) is 0 Å². The van der Waals surface area contributed by atoms with Crippen molar-refractivity contribution in [1.82, 2.24) is 0 Å². The molecule has 2 atom stereocenters. The first-order valence-corrected chi connectivity index (χ1v) is 7.27. The van der Waals surface area contributed by atoms with Crippen molar-refractivity contribution in [2.24, 2.45) is 17.3 Å². The molecule has 0 aromatic rings. The Morgan fingerprint density at radius 1 is 1.37 bits per heavy atom. The van der Waals surface area contributed by atoms with Crippen LogP contribution in [0.4, 0.5) is 13.2 Å². The monoisotopic (exact) mass is 296 g/mol.